The highest BCUT2D eigenvalue weighted by Gasteiger charge is 2.23. The van der Waals surface area contributed by atoms with Crippen LogP contribution in [0.3, 0.4) is 0 Å². The molecule has 1 N–H and O–H groups in total. The lowest BCUT2D eigenvalue weighted by atomic mass is 10.1. The highest BCUT2D eigenvalue weighted by atomic mass is 35.5. The van der Waals surface area contributed by atoms with Gasteiger partial charge in [0, 0.05) is 29.4 Å². The number of aryl methyl sites for hydroxylation is 1. The van der Waals surface area contributed by atoms with E-state index < -0.39 is 10.0 Å². The molecule has 0 atom stereocenters. The van der Waals surface area contributed by atoms with Crippen LogP contribution in [0.4, 0.5) is 5.69 Å². The lowest BCUT2D eigenvalue weighted by Crippen LogP contribution is -2.30. The molecule has 0 heterocycles. The van der Waals surface area contributed by atoms with Crippen molar-refractivity contribution in [1.29, 1.82) is 0 Å². The van der Waals surface area contributed by atoms with E-state index in [4.69, 9.17) is 11.6 Å². The number of hydrogen-bond acceptors (Lipinski definition) is 3. The molecule has 3 rings (SSSR count). The van der Waals surface area contributed by atoms with E-state index in [2.05, 4.69) is 5.32 Å². The Hall–Kier alpha value is -2.67. The Labute approximate surface area is 182 Å². The van der Waals surface area contributed by atoms with Gasteiger partial charge < -0.3 is 5.32 Å². The van der Waals surface area contributed by atoms with E-state index >= 15 is 0 Å². The van der Waals surface area contributed by atoms with E-state index in [1.807, 2.05) is 31.2 Å². The fourth-order valence-corrected chi connectivity index (χ4v) is 4.56. The molecule has 0 spiro atoms. The van der Waals surface area contributed by atoms with Gasteiger partial charge in [0.15, 0.2) is 0 Å². The van der Waals surface area contributed by atoms with Crippen LogP contribution in [0.1, 0.15) is 28.4 Å². The van der Waals surface area contributed by atoms with Crippen LogP contribution in [0.5, 0.6) is 0 Å². The van der Waals surface area contributed by atoms with Gasteiger partial charge in [-0.1, -0.05) is 48.9 Å². The summed E-state index contributed by atoms with van der Waals surface area (Å²) in [4.78, 5) is 12.7. The van der Waals surface area contributed by atoms with Crippen LogP contribution < -0.4 is 5.32 Å². The molecule has 0 aliphatic heterocycles. The van der Waals surface area contributed by atoms with E-state index in [1.165, 1.54) is 16.4 Å². The maximum atomic E-state index is 12.9. The van der Waals surface area contributed by atoms with Gasteiger partial charge in [0.1, 0.15) is 0 Å². The number of amides is 1. The van der Waals surface area contributed by atoms with Gasteiger partial charge in [-0.3, -0.25) is 4.79 Å². The van der Waals surface area contributed by atoms with E-state index in [1.54, 1.807) is 43.3 Å². The highest BCUT2D eigenvalue weighted by Crippen LogP contribution is 2.21. The van der Waals surface area contributed by atoms with Crippen LogP contribution in [0.2, 0.25) is 5.02 Å². The van der Waals surface area contributed by atoms with Gasteiger partial charge in [-0.25, -0.2) is 8.42 Å². The second-order valence-electron chi connectivity index (χ2n) is 6.85. The summed E-state index contributed by atoms with van der Waals surface area (Å²) in [5.41, 5.74) is 3.04. The largest absolute Gasteiger partial charge is 0.322 e. The number of anilines is 1. The van der Waals surface area contributed by atoms with Crippen molar-refractivity contribution in [2.75, 3.05) is 11.9 Å². The normalized spacial score (nSPS) is 11.5. The molecular formula is C23H23ClN2O3S. The minimum Gasteiger partial charge on any atom is -0.322 e. The standard InChI is InChI=1S/C23H23ClN2O3S/c1-3-26(30(28,29)21-14-12-20(24)13-15-21)16-18-8-10-19(11-9-18)23(27)25-22-7-5-4-6-17(22)2/h4-15H,3,16H2,1-2H3,(H,25,27). The topological polar surface area (TPSA) is 66.5 Å². The van der Waals surface area contributed by atoms with Crippen molar-refractivity contribution in [3.63, 3.8) is 0 Å². The lowest BCUT2D eigenvalue weighted by molar-refractivity contribution is 0.102. The molecule has 0 bridgehead atoms. The number of sulfonamides is 1. The minimum atomic E-state index is -3.64. The Kier molecular flexibility index (Phi) is 6.92. The van der Waals surface area contributed by atoms with Gasteiger partial charge in [0.2, 0.25) is 10.0 Å². The first kappa shape index (κ1) is 22.0. The fraction of sp³-hybridized carbons (Fsp3) is 0.174. The van der Waals surface area contributed by atoms with Crippen molar-refractivity contribution in [1.82, 2.24) is 4.31 Å². The van der Waals surface area contributed by atoms with Crippen LogP contribution in [-0.2, 0) is 16.6 Å². The molecule has 0 aromatic heterocycles. The summed E-state index contributed by atoms with van der Waals surface area (Å²) in [6.45, 7) is 4.25. The summed E-state index contributed by atoms with van der Waals surface area (Å²) in [6, 6.07) is 20.6. The molecule has 30 heavy (non-hydrogen) atoms. The summed E-state index contributed by atoms with van der Waals surface area (Å²) in [5.74, 6) is -0.211. The smallest absolute Gasteiger partial charge is 0.255 e. The predicted octanol–water partition coefficient (Wildman–Crippen LogP) is 5.11. The number of benzene rings is 3. The first-order valence-electron chi connectivity index (χ1n) is 9.53. The van der Waals surface area contributed by atoms with Gasteiger partial charge in [-0.2, -0.15) is 4.31 Å². The van der Waals surface area contributed by atoms with Crippen LogP contribution in [0.25, 0.3) is 0 Å². The zero-order chi connectivity index (χ0) is 21.7. The van der Waals surface area contributed by atoms with E-state index in [0.717, 1.165) is 16.8 Å². The van der Waals surface area contributed by atoms with Crippen LogP contribution >= 0.6 is 11.6 Å². The van der Waals surface area contributed by atoms with Crippen molar-refractivity contribution in [2.24, 2.45) is 0 Å². The summed E-state index contributed by atoms with van der Waals surface area (Å²) < 4.78 is 27.2. The van der Waals surface area contributed by atoms with Crippen LogP contribution in [0, 0.1) is 6.92 Å². The fourth-order valence-electron chi connectivity index (χ4n) is 3.00. The van der Waals surface area contributed by atoms with Crippen molar-refractivity contribution in [3.05, 3.63) is 94.5 Å². The summed E-state index contributed by atoms with van der Waals surface area (Å²) in [6.07, 6.45) is 0. The highest BCUT2D eigenvalue weighted by molar-refractivity contribution is 7.89. The summed E-state index contributed by atoms with van der Waals surface area (Å²) in [7, 11) is -3.64. The summed E-state index contributed by atoms with van der Waals surface area (Å²) >= 11 is 5.86. The molecule has 0 aliphatic carbocycles. The molecule has 3 aromatic rings. The van der Waals surface area contributed by atoms with E-state index in [-0.39, 0.29) is 17.3 Å². The van der Waals surface area contributed by atoms with Gasteiger partial charge in [0.25, 0.3) is 5.91 Å². The van der Waals surface area contributed by atoms with Crippen LogP contribution in [0.15, 0.2) is 77.7 Å². The Morgan fingerprint density at radius 2 is 1.60 bits per heavy atom. The average molecular weight is 443 g/mol. The number of para-hydroxylation sites is 1. The molecule has 0 saturated heterocycles. The minimum absolute atomic E-state index is 0.197. The SMILES string of the molecule is CCN(Cc1ccc(C(=O)Nc2ccccc2C)cc1)S(=O)(=O)c1ccc(Cl)cc1. The number of nitrogens with zero attached hydrogens (tertiary/aromatic N) is 1. The quantitative estimate of drug-likeness (QED) is 0.552. The molecular weight excluding hydrogens is 420 g/mol. The average Bonchev–Trinajstić information content (AvgIpc) is 2.74. The zero-order valence-electron chi connectivity index (χ0n) is 16.8. The molecule has 0 unspecified atom stereocenters. The molecule has 0 aliphatic rings. The Morgan fingerprint density at radius 1 is 0.967 bits per heavy atom. The zero-order valence-corrected chi connectivity index (χ0v) is 18.4. The van der Waals surface area contributed by atoms with E-state index in [0.29, 0.717) is 17.1 Å². The van der Waals surface area contributed by atoms with Gasteiger partial charge >= 0.3 is 0 Å². The van der Waals surface area contributed by atoms with Crippen molar-refractivity contribution >= 4 is 33.2 Å². The third-order valence-electron chi connectivity index (χ3n) is 4.77. The van der Waals surface area contributed by atoms with Gasteiger partial charge in [-0.15, -0.1) is 0 Å². The summed E-state index contributed by atoms with van der Waals surface area (Å²) in [5, 5.41) is 3.38. The molecule has 1 amide bonds. The number of rotatable bonds is 7. The Balaban J connectivity index is 1.73. The Bertz CT molecular complexity index is 1130. The van der Waals surface area contributed by atoms with Crippen molar-refractivity contribution in [2.45, 2.75) is 25.3 Å². The third-order valence-corrected chi connectivity index (χ3v) is 6.96. The molecule has 0 radical (unpaired) electrons. The monoisotopic (exact) mass is 442 g/mol. The first-order valence-corrected chi connectivity index (χ1v) is 11.3. The number of carbonyl (C=O) groups excluding carboxylic acids is 1. The number of nitrogens with one attached hydrogen (secondary N) is 1. The maximum Gasteiger partial charge on any atom is 0.255 e. The molecule has 0 fully saturated rings. The number of halogens is 1. The van der Waals surface area contributed by atoms with Gasteiger partial charge in [0.05, 0.1) is 4.90 Å². The molecule has 5 nitrogen and oxygen atoms in total. The van der Waals surface area contributed by atoms with Gasteiger partial charge in [-0.05, 0) is 60.5 Å². The second kappa shape index (κ2) is 9.43. The first-order chi connectivity index (χ1) is 14.3. The molecule has 7 heteroatoms. The predicted molar refractivity (Wildman–Crippen MR) is 120 cm³/mol. The Morgan fingerprint density at radius 3 is 2.20 bits per heavy atom. The van der Waals surface area contributed by atoms with Crippen LogP contribution in [-0.4, -0.2) is 25.2 Å². The number of hydrogen-bond donors (Lipinski definition) is 1. The van der Waals surface area contributed by atoms with Crippen molar-refractivity contribution < 1.29 is 13.2 Å². The number of carbonyl (C=O) groups is 1. The maximum absolute atomic E-state index is 12.9. The third kappa shape index (κ3) is 5.08. The lowest BCUT2D eigenvalue weighted by Gasteiger charge is -2.21. The van der Waals surface area contributed by atoms with E-state index in [9.17, 15) is 13.2 Å². The second-order valence-corrected chi connectivity index (χ2v) is 9.23. The molecule has 0 saturated carbocycles. The van der Waals surface area contributed by atoms with Crippen molar-refractivity contribution in [3.8, 4) is 0 Å². The molecule has 156 valence electrons. The molecule has 3 aromatic carbocycles.